The average Bonchev–Trinajstić information content (AvgIpc) is 1.69. The topological polar surface area (TPSA) is 40.5 Å². The maximum absolute atomic E-state index is 9.98. The molecule has 0 aliphatic heterocycles. The lowest BCUT2D eigenvalue weighted by atomic mass is 10.8. The minimum atomic E-state index is -1.01. The SMILES string of the molecule is CCN(SCl)C(=O)O. The molecule has 0 aromatic heterocycles. The van der Waals surface area contributed by atoms with Crippen LogP contribution in [-0.4, -0.2) is 22.0 Å². The van der Waals surface area contributed by atoms with Crippen LogP contribution in [0.2, 0.25) is 0 Å². The van der Waals surface area contributed by atoms with Gasteiger partial charge in [0.2, 0.25) is 0 Å². The summed E-state index contributed by atoms with van der Waals surface area (Å²) in [5.74, 6) is 0. The molecule has 0 aromatic carbocycles. The number of amides is 1. The first-order valence-corrected chi connectivity index (χ1v) is 3.61. The highest BCUT2D eigenvalue weighted by Gasteiger charge is 2.06. The molecule has 0 saturated carbocycles. The van der Waals surface area contributed by atoms with E-state index in [9.17, 15) is 4.79 Å². The normalized spacial score (nSPS) is 8.75. The molecule has 8 heavy (non-hydrogen) atoms. The lowest BCUT2D eigenvalue weighted by Crippen LogP contribution is -2.19. The van der Waals surface area contributed by atoms with Crippen LogP contribution in [0.1, 0.15) is 6.92 Å². The first-order valence-electron chi connectivity index (χ1n) is 2.01. The van der Waals surface area contributed by atoms with Gasteiger partial charge in [-0.1, -0.05) is 0 Å². The summed E-state index contributed by atoms with van der Waals surface area (Å²) in [5.41, 5.74) is 0. The van der Waals surface area contributed by atoms with Gasteiger partial charge in [-0.2, -0.15) is 0 Å². The van der Waals surface area contributed by atoms with Gasteiger partial charge in [0, 0.05) is 6.54 Å². The molecule has 0 spiro atoms. The van der Waals surface area contributed by atoms with Gasteiger partial charge < -0.3 is 5.11 Å². The molecule has 0 atom stereocenters. The first-order chi connectivity index (χ1) is 3.72. The maximum Gasteiger partial charge on any atom is 0.418 e. The monoisotopic (exact) mass is 155 g/mol. The standard InChI is InChI=1S/C3H6ClNO2S/c1-2-5(8-4)3(6)7/h2H2,1H3,(H,6,7). The summed E-state index contributed by atoms with van der Waals surface area (Å²) in [5, 5.41) is 8.19. The van der Waals surface area contributed by atoms with Crippen LogP contribution in [0, 0.1) is 0 Å². The van der Waals surface area contributed by atoms with Crippen molar-refractivity contribution < 1.29 is 9.90 Å². The molecule has 0 fully saturated rings. The Labute approximate surface area is 56.3 Å². The van der Waals surface area contributed by atoms with Gasteiger partial charge in [0.25, 0.3) is 0 Å². The molecule has 0 unspecified atom stereocenters. The molecule has 0 aromatic rings. The van der Waals surface area contributed by atoms with Crippen molar-refractivity contribution in [1.82, 2.24) is 4.31 Å². The average molecular weight is 156 g/mol. The highest BCUT2D eigenvalue weighted by atomic mass is 35.7. The van der Waals surface area contributed by atoms with E-state index in [4.69, 9.17) is 15.8 Å². The van der Waals surface area contributed by atoms with Crippen molar-refractivity contribution in [3.8, 4) is 0 Å². The van der Waals surface area contributed by atoms with Crippen LogP contribution in [0.3, 0.4) is 0 Å². The second-order valence-electron chi connectivity index (χ2n) is 1.05. The molecule has 0 rings (SSSR count). The zero-order chi connectivity index (χ0) is 6.57. The summed E-state index contributed by atoms with van der Waals surface area (Å²) < 4.78 is 1.02. The van der Waals surface area contributed by atoms with Crippen LogP contribution >= 0.6 is 21.8 Å². The van der Waals surface area contributed by atoms with Crippen LogP contribution in [0.25, 0.3) is 0 Å². The fraction of sp³-hybridized carbons (Fsp3) is 0.667. The van der Waals surface area contributed by atoms with Crippen molar-refractivity contribution in [2.75, 3.05) is 6.54 Å². The molecule has 0 bridgehead atoms. The smallest absolute Gasteiger partial charge is 0.418 e. The van der Waals surface area contributed by atoms with E-state index >= 15 is 0 Å². The Hall–Kier alpha value is -0.0900. The quantitative estimate of drug-likeness (QED) is 0.618. The molecule has 1 N–H and O–H groups in total. The van der Waals surface area contributed by atoms with E-state index in [0.717, 1.165) is 4.31 Å². The number of rotatable bonds is 2. The number of carbonyl (C=O) groups is 1. The Bertz CT molecular complexity index is 85.4. The van der Waals surface area contributed by atoms with E-state index in [1.807, 2.05) is 0 Å². The van der Waals surface area contributed by atoms with Gasteiger partial charge in [0.1, 0.15) is 0 Å². The van der Waals surface area contributed by atoms with Crippen LogP contribution in [0.4, 0.5) is 4.79 Å². The third-order valence-corrected chi connectivity index (χ3v) is 1.66. The van der Waals surface area contributed by atoms with Gasteiger partial charge >= 0.3 is 6.09 Å². The fourth-order valence-corrected chi connectivity index (χ4v) is 0.840. The Morgan fingerprint density at radius 1 is 2.00 bits per heavy atom. The predicted octanol–water partition coefficient (Wildman–Crippen LogP) is 1.79. The van der Waals surface area contributed by atoms with Crippen molar-refractivity contribution in [2.45, 2.75) is 6.92 Å². The molecule has 0 radical (unpaired) electrons. The maximum atomic E-state index is 9.98. The Balaban J connectivity index is 3.52. The summed E-state index contributed by atoms with van der Waals surface area (Å²) in [6.45, 7) is 2.12. The van der Waals surface area contributed by atoms with Crippen LogP contribution < -0.4 is 0 Å². The Kier molecular flexibility index (Phi) is 3.81. The second-order valence-corrected chi connectivity index (χ2v) is 2.04. The van der Waals surface area contributed by atoms with Crippen LogP contribution in [0.15, 0.2) is 0 Å². The van der Waals surface area contributed by atoms with Crippen molar-refractivity contribution in [3.63, 3.8) is 0 Å². The molecule has 5 heteroatoms. The zero-order valence-electron chi connectivity index (χ0n) is 4.30. The molecule has 3 nitrogen and oxygen atoms in total. The minimum absolute atomic E-state index is 0.406. The number of carboxylic acid groups (broad SMARTS) is 1. The summed E-state index contributed by atoms with van der Waals surface area (Å²) in [6, 6.07) is 0. The Morgan fingerprint density at radius 2 is 2.50 bits per heavy atom. The molecule has 48 valence electrons. The highest BCUT2D eigenvalue weighted by molar-refractivity contribution is 8.19. The first kappa shape index (κ1) is 7.91. The third kappa shape index (κ3) is 2.28. The number of hydrogen-bond acceptors (Lipinski definition) is 2. The van der Waals surface area contributed by atoms with Gasteiger partial charge in [-0.05, 0) is 17.6 Å². The van der Waals surface area contributed by atoms with Gasteiger partial charge in [-0.25, -0.2) is 9.10 Å². The van der Waals surface area contributed by atoms with E-state index in [1.165, 1.54) is 0 Å². The van der Waals surface area contributed by atoms with Gasteiger partial charge in [0.05, 0.1) is 11.2 Å². The van der Waals surface area contributed by atoms with Crippen molar-refractivity contribution in [2.24, 2.45) is 0 Å². The largest absolute Gasteiger partial charge is 0.464 e. The summed E-state index contributed by atoms with van der Waals surface area (Å²) in [7, 11) is 5.12. The van der Waals surface area contributed by atoms with Gasteiger partial charge in [-0.15, -0.1) is 0 Å². The molecule has 0 saturated heterocycles. The van der Waals surface area contributed by atoms with E-state index in [0.29, 0.717) is 17.7 Å². The molecular weight excluding hydrogens is 150 g/mol. The molecular formula is C3H6ClNO2S. The Morgan fingerprint density at radius 3 is 2.50 bits per heavy atom. The predicted molar refractivity (Wildman–Crippen MR) is 33.8 cm³/mol. The molecule has 1 amide bonds. The summed E-state index contributed by atoms with van der Waals surface area (Å²) in [4.78, 5) is 9.98. The fourth-order valence-electron chi connectivity index (χ4n) is 0.214. The second kappa shape index (κ2) is 3.86. The number of halogens is 1. The number of nitrogens with zero attached hydrogens (tertiary/aromatic N) is 1. The van der Waals surface area contributed by atoms with Gasteiger partial charge in [0.15, 0.2) is 0 Å². The van der Waals surface area contributed by atoms with Gasteiger partial charge in [-0.3, -0.25) is 0 Å². The molecule has 0 aliphatic carbocycles. The summed E-state index contributed by atoms with van der Waals surface area (Å²) in [6.07, 6.45) is -1.01. The highest BCUT2D eigenvalue weighted by Crippen LogP contribution is 2.12. The number of hydrogen-bond donors (Lipinski definition) is 1. The van der Waals surface area contributed by atoms with E-state index in [-0.39, 0.29) is 0 Å². The lowest BCUT2D eigenvalue weighted by molar-refractivity contribution is 0.177. The van der Waals surface area contributed by atoms with Crippen LogP contribution in [0.5, 0.6) is 0 Å². The van der Waals surface area contributed by atoms with Crippen molar-refractivity contribution >= 4 is 27.9 Å². The van der Waals surface area contributed by atoms with Crippen molar-refractivity contribution in [1.29, 1.82) is 0 Å². The molecule has 0 aliphatic rings. The van der Waals surface area contributed by atoms with E-state index in [1.54, 1.807) is 6.92 Å². The van der Waals surface area contributed by atoms with E-state index < -0.39 is 6.09 Å². The zero-order valence-corrected chi connectivity index (χ0v) is 5.87. The van der Waals surface area contributed by atoms with Crippen molar-refractivity contribution in [3.05, 3.63) is 0 Å². The van der Waals surface area contributed by atoms with E-state index in [2.05, 4.69) is 0 Å². The summed E-state index contributed by atoms with van der Waals surface area (Å²) >= 11 is 0.684. The minimum Gasteiger partial charge on any atom is -0.464 e. The van der Waals surface area contributed by atoms with Crippen LogP contribution in [-0.2, 0) is 0 Å². The third-order valence-electron chi connectivity index (χ3n) is 0.584. The lowest BCUT2D eigenvalue weighted by Gasteiger charge is -2.08. The molecule has 0 heterocycles.